The maximum absolute atomic E-state index is 5.81. The van der Waals surface area contributed by atoms with Crippen molar-refractivity contribution in [3.05, 3.63) is 23.1 Å². The average Bonchev–Trinajstić information content (AvgIpc) is 2.23. The molecule has 0 spiro atoms. The van der Waals surface area contributed by atoms with Gasteiger partial charge in [0.1, 0.15) is 0 Å². The predicted molar refractivity (Wildman–Crippen MR) is 70.3 cm³/mol. The van der Waals surface area contributed by atoms with E-state index >= 15 is 0 Å². The van der Waals surface area contributed by atoms with Crippen molar-refractivity contribution in [3.8, 4) is 0 Å². The normalized spacial score (nSPS) is 10.3. The molecule has 0 atom stereocenters. The Morgan fingerprint density at radius 3 is 2.88 bits per heavy atom. The third-order valence-corrected chi connectivity index (χ3v) is 2.17. The molecule has 0 bridgehead atoms. The molecule has 1 heterocycles. The van der Waals surface area contributed by atoms with E-state index in [0.29, 0.717) is 37.0 Å². The molecule has 1 aromatic heterocycles. The van der Waals surface area contributed by atoms with Gasteiger partial charge in [-0.15, -0.1) is 0 Å². The molecule has 17 heavy (non-hydrogen) atoms. The summed E-state index contributed by atoms with van der Waals surface area (Å²) in [5.41, 5.74) is 7.98. The van der Waals surface area contributed by atoms with E-state index in [9.17, 15) is 0 Å². The summed E-state index contributed by atoms with van der Waals surface area (Å²) in [6, 6.07) is 0. The molecule has 0 aliphatic carbocycles. The number of nitrogens with two attached hydrogens (primary N) is 1. The number of nitrogens with zero attached hydrogens (tertiary/aromatic N) is 2. The van der Waals surface area contributed by atoms with Gasteiger partial charge in [0.05, 0.1) is 24.6 Å². The van der Waals surface area contributed by atoms with Gasteiger partial charge in [-0.3, -0.25) is 0 Å². The van der Waals surface area contributed by atoms with Gasteiger partial charge in [-0.1, -0.05) is 12.2 Å². The molecule has 94 valence electrons. The van der Waals surface area contributed by atoms with Gasteiger partial charge in [0.2, 0.25) is 5.28 Å². The van der Waals surface area contributed by atoms with Crippen LogP contribution >= 0.6 is 11.6 Å². The van der Waals surface area contributed by atoms with E-state index in [0.717, 1.165) is 5.57 Å². The van der Waals surface area contributed by atoms with Gasteiger partial charge in [0.15, 0.2) is 5.82 Å². The van der Waals surface area contributed by atoms with Gasteiger partial charge < -0.3 is 15.8 Å². The quantitative estimate of drug-likeness (QED) is 0.463. The van der Waals surface area contributed by atoms with Crippen molar-refractivity contribution in [1.29, 1.82) is 0 Å². The number of halogens is 1. The van der Waals surface area contributed by atoms with Crippen molar-refractivity contribution in [2.75, 3.05) is 30.8 Å². The molecule has 0 aromatic carbocycles. The smallest absolute Gasteiger partial charge is 0.224 e. The summed E-state index contributed by atoms with van der Waals surface area (Å²) in [5, 5.41) is 3.24. The lowest BCUT2D eigenvalue weighted by molar-refractivity contribution is 0.167. The van der Waals surface area contributed by atoms with Crippen LogP contribution in [-0.4, -0.2) is 29.7 Å². The minimum absolute atomic E-state index is 0.182. The molecule has 0 unspecified atom stereocenters. The molecule has 0 aliphatic rings. The highest BCUT2D eigenvalue weighted by Crippen LogP contribution is 2.19. The van der Waals surface area contributed by atoms with Crippen LogP contribution in [0.1, 0.15) is 12.6 Å². The molecule has 1 rings (SSSR count). The standard InChI is InChI=1S/C11H17ClN4O/c1-7(2)6-17-5-4-14-10-9(13)8(3)15-11(12)16-10/h1,4-6,13H2,2-3H3,(H,14,15,16). The zero-order valence-electron chi connectivity index (χ0n) is 10.1. The second-order valence-corrected chi connectivity index (χ2v) is 4.11. The van der Waals surface area contributed by atoms with Crippen molar-refractivity contribution in [1.82, 2.24) is 9.97 Å². The largest absolute Gasteiger partial charge is 0.394 e. The topological polar surface area (TPSA) is 73.1 Å². The van der Waals surface area contributed by atoms with Crippen LogP contribution in [0.3, 0.4) is 0 Å². The Labute approximate surface area is 106 Å². The number of hydrogen-bond acceptors (Lipinski definition) is 5. The summed E-state index contributed by atoms with van der Waals surface area (Å²) in [4.78, 5) is 7.96. The van der Waals surface area contributed by atoms with E-state index in [1.54, 1.807) is 6.92 Å². The monoisotopic (exact) mass is 256 g/mol. The highest BCUT2D eigenvalue weighted by molar-refractivity contribution is 6.28. The Kier molecular flexibility index (Phi) is 5.18. The lowest BCUT2D eigenvalue weighted by Gasteiger charge is -2.10. The molecule has 0 amide bonds. The lowest BCUT2D eigenvalue weighted by Crippen LogP contribution is -2.13. The van der Waals surface area contributed by atoms with E-state index < -0.39 is 0 Å². The molecular formula is C11H17ClN4O. The Morgan fingerprint density at radius 1 is 1.53 bits per heavy atom. The average molecular weight is 257 g/mol. The van der Waals surface area contributed by atoms with Gasteiger partial charge in [0, 0.05) is 6.54 Å². The highest BCUT2D eigenvalue weighted by atomic mass is 35.5. The first-order chi connectivity index (χ1) is 8.00. The lowest BCUT2D eigenvalue weighted by atomic mass is 10.3. The van der Waals surface area contributed by atoms with E-state index in [2.05, 4.69) is 21.9 Å². The fourth-order valence-corrected chi connectivity index (χ4v) is 1.38. The molecule has 0 aliphatic heterocycles. The molecule has 3 N–H and O–H groups in total. The third kappa shape index (κ3) is 4.58. The first-order valence-electron chi connectivity index (χ1n) is 5.26. The Balaban J connectivity index is 2.44. The Bertz CT molecular complexity index is 409. The number of hydrogen-bond donors (Lipinski definition) is 2. The second-order valence-electron chi connectivity index (χ2n) is 3.78. The van der Waals surface area contributed by atoms with E-state index in [1.165, 1.54) is 0 Å². The molecule has 6 heteroatoms. The first kappa shape index (κ1) is 13.7. The van der Waals surface area contributed by atoms with Gasteiger partial charge in [0.25, 0.3) is 0 Å². The van der Waals surface area contributed by atoms with E-state index in [4.69, 9.17) is 22.1 Å². The minimum atomic E-state index is 0.182. The predicted octanol–water partition coefficient (Wildman–Crippen LogP) is 2.03. The number of aromatic nitrogens is 2. The van der Waals surface area contributed by atoms with Crippen molar-refractivity contribution in [2.24, 2.45) is 0 Å². The van der Waals surface area contributed by atoms with Crippen LogP contribution in [0.25, 0.3) is 0 Å². The third-order valence-electron chi connectivity index (χ3n) is 2.00. The highest BCUT2D eigenvalue weighted by Gasteiger charge is 2.06. The molecule has 0 fully saturated rings. The number of nitrogens with one attached hydrogen (secondary N) is 1. The molecule has 1 aromatic rings. The number of nitrogen functional groups attached to an aromatic ring is 1. The molecule has 5 nitrogen and oxygen atoms in total. The zero-order valence-corrected chi connectivity index (χ0v) is 10.8. The summed E-state index contributed by atoms with van der Waals surface area (Å²) in [7, 11) is 0. The van der Waals surface area contributed by atoms with Gasteiger partial charge in [-0.2, -0.15) is 4.98 Å². The van der Waals surface area contributed by atoms with Crippen molar-refractivity contribution in [3.63, 3.8) is 0 Å². The zero-order chi connectivity index (χ0) is 12.8. The Morgan fingerprint density at radius 2 is 2.24 bits per heavy atom. The number of ether oxygens (including phenoxy) is 1. The van der Waals surface area contributed by atoms with Gasteiger partial charge in [-0.25, -0.2) is 4.98 Å². The van der Waals surface area contributed by atoms with E-state index in [1.807, 2.05) is 6.92 Å². The van der Waals surface area contributed by atoms with Crippen molar-refractivity contribution < 1.29 is 4.74 Å². The summed E-state index contributed by atoms with van der Waals surface area (Å²) < 4.78 is 5.34. The number of rotatable bonds is 6. The van der Waals surface area contributed by atoms with Crippen LogP contribution in [0.2, 0.25) is 5.28 Å². The number of aryl methyl sites for hydroxylation is 1. The fourth-order valence-electron chi connectivity index (χ4n) is 1.17. The maximum atomic E-state index is 5.81. The van der Waals surface area contributed by atoms with Gasteiger partial charge >= 0.3 is 0 Å². The summed E-state index contributed by atoms with van der Waals surface area (Å²) >= 11 is 5.74. The Hall–Kier alpha value is -1.33. The van der Waals surface area contributed by atoms with Crippen LogP contribution in [0, 0.1) is 6.92 Å². The SMILES string of the molecule is C=C(C)COCCNc1nc(Cl)nc(C)c1N. The second kappa shape index (κ2) is 6.42. The molecule has 0 saturated heterocycles. The van der Waals surface area contributed by atoms with Crippen LogP contribution < -0.4 is 11.1 Å². The maximum Gasteiger partial charge on any atom is 0.224 e. The van der Waals surface area contributed by atoms with E-state index in [-0.39, 0.29) is 5.28 Å². The minimum Gasteiger partial charge on any atom is -0.394 e. The number of anilines is 2. The fraction of sp³-hybridized carbons (Fsp3) is 0.455. The molecule has 0 radical (unpaired) electrons. The molecular weight excluding hydrogens is 240 g/mol. The van der Waals surface area contributed by atoms with Crippen LogP contribution in [0.5, 0.6) is 0 Å². The summed E-state index contributed by atoms with van der Waals surface area (Å²) in [6.45, 7) is 9.15. The summed E-state index contributed by atoms with van der Waals surface area (Å²) in [6.07, 6.45) is 0. The van der Waals surface area contributed by atoms with Crippen molar-refractivity contribution in [2.45, 2.75) is 13.8 Å². The van der Waals surface area contributed by atoms with Crippen LogP contribution in [-0.2, 0) is 4.74 Å². The van der Waals surface area contributed by atoms with Crippen LogP contribution in [0.15, 0.2) is 12.2 Å². The van der Waals surface area contributed by atoms with Gasteiger partial charge in [-0.05, 0) is 25.4 Å². The van der Waals surface area contributed by atoms with Crippen LogP contribution in [0.4, 0.5) is 11.5 Å². The van der Waals surface area contributed by atoms with Crippen molar-refractivity contribution >= 4 is 23.1 Å². The first-order valence-corrected chi connectivity index (χ1v) is 5.64. The summed E-state index contributed by atoms with van der Waals surface area (Å²) in [5.74, 6) is 0.543. The molecule has 0 saturated carbocycles.